The highest BCUT2D eigenvalue weighted by molar-refractivity contribution is 7.99. The third-order valence-corrected chi connectivity index (χ3v) is 4.94. The first-order valence-electron chi connectivity index (χ1n) is 7.83. The van der Waals surface area contributed by atoms with Gasteiger partial charge in [0, 0.05) is 17.1 Å². The van der Waals surface area contributed by atoms with E-state index in [1.807, 2.05) is 47.0 Å². The molecule has 2 aromatic carbocycles. The molecule has 1 fully saturated rings. The summed E-state index contributed by atoms with van der Waals surface area (Å²) in [5.41, 5.74) is 6.67. The van der Waals surface area contributed by atoms with Crippen LogP contribution in [-0.2, 0) is 4.79 Å². The summed E-state index contributed by atoms with van der Waals surface area (Å²) in [6, 6.07) is 14.3. The van der Waals surface area contributed by atoms with Crippen LogP contribution >= 0.6 is 11.8 Å². The van der Waals surface area contributed by atoms with Gasteiger partial charge in [-0.15, -0.1) is 10.2 Å². The Labute approximate surface area is 143 Å². The van der Waals surface area contributed by atoms with Crippen LogP contribution in [0.2, 0.25) is 0 Å². The van der Waals surface area contributed by atoms with Gasteiger partial charge in [-0.2, -0.15) is 0 Å². The number of nitrogens with two attached hydrogens (primary N) is 1. The Balaban J connectivity index is 1.45. The quantitative estimate of drug-likeness (QED) is 0.698. The van der Waals surface area contributed by atoms with Gasteiger partial charge in [0.05, 0.1) is 5.75 Å². The van der Waals surface area contributed by atoms with Crippen molar-refractivity contribution in [3.8, 4) is 0 Å². The lowest BCUT2D eigenvalue weighted by Crippen LogP contribution is -2.15. The molecule has 1 aliphatic rings. The molecule has 3 N–H and O–H groups in total. The predicted octanol–water partition coefficient (Wildman–Crippen LogP) is 3.08. The van der Waals surface area contributed by atoms with Crippen molar-refractivity contribution in [2.75, 3.05) is 16.8 Å². The smallest absolute Gasteiger partial charge is 0.234 e. The number of hydrogen-bond donors (Lipinski definition) is 2. The van der Waals surface area contributed by atoms with Crippen LogP contribution < -0.4 is 11.1 Å². The van der Waals surface area contributed by atoms with E-state index in [2.05, 4.69) is 15.5 Å². The van der Waals surface area contributed by atoms with Gasteiger partial charge < -0.3 is 11.1 Å². The van der Waals surface area contributed by atoms with Gasteiger partial charge in [-0.05, 0) is 24.3 Å². The van der Waals surface area contributed by atoms with Gasteiger partial charge in [0.25, 0.3) is 0 Å². The molecule has 122 valence electrons. The molecule has 6 nitrogen and oxygen atoms in total. The highest BCUT2D eigenvalue weighted by Crippen LogP contribution is 2.39. The fourth-order valence-corrected chi connectivity index (χ4v) is 3.53. The molecule has 1 saturated carbocycles. The zero-order valence-electron chi connectivity index (χ0n) is 13.0. The van der Waals surface area contributed by atoms with Crippen LogP contribution in [0, 0.1) is 0 Å². The van der Waals surface area contributed by atoms with Crippen molar-refractivity contribution < 1.29 is 4.79 Å². The van der Waals surface area contributed by atoms with Crippen molar-refractivity contribution in [2.24, 2.45) is 0 Å². The first-order chi connectivity index (χ1) is 11.7. The Morgan fingerprint density at radius 3 is 2.83 bits per heavy atom. The van der Waals surface area contributed by atoms with E-state index in [4.69, 9.17) is 5.73 Å². The van der Waals surface area contributed by atoms with Gasteiger partial charge in [-0.3, -0.25) is 9.36 Å². The first kappa shape index (κ1) is 15.0. The summed E-state index contributed by atoms with van der Waals surface area (Å²) in [5.74, 6) is 0.628. The van der Waals surface area contributed by atoms with Crippen LogP contribution in [0.5, 0.6) is 0 Å². The van der Waals surface area contributed by atoms with Crippen LogP contribution in [0.4, 0.5) is 11.6 Å². The fourth-order valence-electron chi connectivity index (χ4n) is 2.71. The van der Waals surface area contributed by atoms with Crippen molar-refractivity contribution in [2.45, 2.75) is 24.0 Å². The maximum absolute atomic E-state index is 12.3. The first-order valence-corrected chi connectivity index (χ1v) is 8.82. The standard InChI is InChI=1S/C17H17N5OS/c18-16-20-21-17(22(16)12-8-9-12)24-10-15(23)19-14-7-3-5-11-4-1-2-6-13(11)14/h1-7,12H,8-10H2,(H2,18,20)(H,19,23). The molecule has 4 rings (SSSR count). The molecule has 0 spiro atoms. The topological polar surface area (TPSA) is 85.8 Å². The van der Waals surface area contributed by atoms with E-state index in [1.165, 1.54) is 11.8 Å². The molecule has 0 unspecified atom stereocenters. The lowest BCUT2D eigenvalue weighted by Gasteiger charge is -2.09. The van der Waals surface area contributed by atoms with Gasteiger partial charge in [-0.25, -0.2) is 0 Å². The zero-order valence-corrected chi connectivity index (χ0v) is 13.8. The maximum Gasteiger partial charge on any atom is 0.234 e. The summed E-state index contributed by atoms with van der Waals surface area (Å²) in [6.07, 6.45) is 2.19. The van der Waals surface area contributed by atoms with Crippen molar-refractivity contribution in [1.82, 2.24) is 14.8 Å². The molecule has 1 heterocycles. The zero-order chi connectivity index (χ0) is 16.5. The summed E-state index contributed by atoms with van der Waals surface area (Å²) >= 11 is 1.37. The van der Waals surface area contributed by atoms with Crippen molar-refractivity contribution in [1.29, 1.82) is 0 Å². The number of thioether (sulfide) groups is 1. The predicted molar refractivity (Wildman–Crippen MR) is 96.0 cm³/mol. The van der Waals surface area contributed by atoms with E-state index in [9.17, 15) is 4.79 Å². The molecule has 24 heavy (non-hydrogen) atoms. The molecule has 0 aliphatic heterocycles. The Hall–Kier alpha value is -2.54. The van der Waals surface area contributed by atoms with Crippen LogP contribution in [-0.4, -0.2) is 26.4 Å². The largest absolute Gasteiger partial charge is 0.368 e. The van der Waals surface area contributed by atoms with Crippen molar-refractivity contribution in [3.05, 3.63) is 42.5 Å². The molecule has 0 bridgehead atoms. The van der Waals surface area contributed by atoms with E-state index >= 15 is 0 Å². The number of rotatable bonds is 5. The van der Waals surface area contributed by atoms with Gasteiger partial charge in [-0.1, -0.05) is 48.2 Å². The highest BCUT2D eigenvalue weighted by atomic mass is 32.2. The third kappa shape index (κ3) is 2.94. The summed E-state index contributed by atoms with van der Waals surface area (Å²) in [6.45, 7) is 0. The average molecular weight is 339 g/mol. The molecular weight excluding hydrogens is 322 g/mol. The summed E-state index contributed by atoms with van der Waals surface area (Å²) < 4.78 is 1.93. The summed E-state index contributed by atoms with van der Waals surface area (Å²) in [5, 5.41) is 13.8. The van der Waals surface area contributed by atoms with E-state index in [0.717, 1.165) is 29.3 Å². The maximum atomic E-state index is 12.3. The number of amides is 1. The minimum absolute atomic E-state index is 0.0692. The Bertz CT molecular complexity index is 898. The molecule has 0 saturated heterocycles. The summed E-state index contributed by atoms with van der Waals surface area (Å²) in [7, 11) is 0. The van der Waals surface area contributed by atoms with Gasteiger partial charge in [0.1, 0.15) is 0 Å². The number of hydrogen-bond acceptors (Lipinski definition) is 5. The third-order valence-electron chi connectivity index (χ3n) is 4.00. The number of nitrogens with zero attached hydrogens (tertiary/aromatic N) is 3. The SMILES string of the molecule is Nc1nnc(SCC(=O)Nc2cccc3ccccc23)n1C1CC1. The van der Waals surface area contributed by atoms with Gasteiger partial charge in [0.2, 0.25) is 11.9 Å². The summed E-state index contributed by atoms with van der Waals surface area (Å²) in [4.78, 5) is 12.3. The second-order valence-corrected chi connectivity index (χ2v) is 6.75. The lowest BCUT2D eigenvalue weighted by molar-refractivity contribution is -0.113. The lowest BCUT2D eigenvalue weighted by atomic mass is 10.1. The van der Waals surface area contributed by atoms with Crippen molar-refractivity contribution in [3.63, 3.8) is 0 Å². The number of aromatic nitrogens is 3. The van der Waals surface area contributed by atoms with Gasteiger partial charge >= 0.3 is 0 Å². The fraction of sp³-hybridized carbons (Fsp3) is 0.235. The number of anilines is 2. The van der Waals surface area contributed by atoms with E-state index in [1.54, 1.807) is 0 Å². The number of nitrogen functional groups attached to an aromatic ring is 1. The molecule has 1 aliphatic carbocycles. The molecule has 1 amide bonds. The molecule has 7 heteroatoms. The number of nitrogens with one attached hydrogen (secondary N) is 1. The number of benzene rings is 2. The Morgan fingerprint density at radius 2 is 2.00 bits per heavy atom. The van der Waals surface area contributed by atoms with E-state index in [-0.39, 0.29) is 11.7 Å². The molecular formula is C17H17N5OS. The number of fused-ring (bicyclic) bond motifs is 1. The Kier molecular flexibility index (Phi) is 3.86. The highest BCUT2D eigenvalue weighted by Gasteiger charge is 2.29. The average Bonchev–Trinajstić information content (AvgIpc) is 3.36. The van der Waals surface area contributed by atoms with Crippen LogP contribution in [0.3, 0.4) is 0 Å². The molecule has 0 radical (unpaired) electrons. The van der Waals surface area contributed by atoms with Crippen LogP contribution in [0.1, 0.15) is 18.9 Å². The van der Waals surface area contributed by atoms with Crippen LogP contribution in [0.25, 0.3) is 10.8 Å². The number of carbonyl (C=O) groups excluding carboxylic acids is 1. The Morgan fingerprint density at radius 1 is 1.21 bits per heavy atom. The molecule has 1 aromatic heterocycles. The van der Waals surface area contributed by atoms with E-state index < -0.39 is 0 Å². The number of carbonyl (C=O) groups is 1. The minimum Gasteiger partial charge on any atom is -0.368 e. The normalized spacial score (nSPS) is 14.0. The van der Waals surface area contributed by atoms with Crippen molar-refractivity contribution >= 4 is 40.1 Å². The molecule has 0 atom stereocenters. The van der Waals surface area contributed by atoms with E-state index in [0.29, 0.717) is 17.1 Å². The monoisotopic (exact) mass is 339 g/mol. The van der Waals surface area contributed by atoms with Crippen LogP contribution in [0.15, 0.2) is 47.6 Å². The molecule has 3 aromatic rings. The van der Waals surface area contributed by atoms with Gasteiger partial charge in [0.15, 0.2) is 5.16 Å². The second kappa shape index (κ2) is 6.16. The second-order valence-electron chi connectivity index (χ2n) is 5.81. The minimum atomic E-state index is -0.0692.